The molecule has 5 heteroatoms. The van der Waals surface area contributed by atoms with Crippen molar-refractivity contribution < 1.29 is 8.78 Å². The molecule has 0 fully saturated rings. The molecule has 1 N–H and O–H groups in total. The van der Waals surface area contributed by atoms with Crippen LogP contribution in [-0.2, 0) is 6.54 Å². The summed E-state index contributed by atoms with van der Waals surface area (Å²) in [6.45, 7) is 0.258. The van der Waals surface area contributed by atoms with Crippen LogP contribution in [0.5, 0.6) is 0 Å². The first-order valence-corrected chi connectivity index (χ1v) is 6.75. The molecule has 0 amide bonds. The molecule has 0 atom stereocenters. The fourth-order valence-electron chi connectivity index (χ4n) is 2.10. The standard InChI is InChI=1S/C17H13F2N3/c18-15-2-1-13(17(19)8-15)10-22-16-7-14(9-21-11-16)12-3-5-20-6-4-12/h1-9,11,22H,10H2. The molecule has 1 aromatic carbocycles. The van der Waals surface area contributed by atoms with Crippen LogP contribution in [0.2, 0.25) is 0 Å². The first-order chi connectivity index (χ1) is 10.7. The van der Waals surface area contributed by atoms with Gasteiger partial charge in [-0.05, 0) is 29.8 Å². The minimum absolute atomic E-state index is 0.258. The first-order valence-electron chi connectivity index (χ1n) is 6.75. The Bertz CT molecular complexity index is 776. The Morgan fingerprint density at radius 1 is 0.864 bits per heavy atom. The van der Waals surface area contributed by atoms with Gasteiger partial charge < -0.3 is 5.32 Å². The van der Waals surface area contributed by atoms with E-state index >= 15 is 0 Å². The van der Waals surface area contributed by atoms with Gasteiger partial charge in [0.15, 0.2) is 0 Å². The van der Waals surface area contributed by atoms with Crippen LogP contribution in [0, 0.1) is 11.6 Å². The van der Waals surface area contributed by atoms with Gasteiger partial charge in [-0.15, -0.1) is 0 Å². The molecule has 2 aromatic heterocycles. The maximum absolute atomic E-state index is 13.6. The van der Waals surface area contributed by atoms with Gasteiger partial charge in [0.25, 0.3) is 0 Å². The average molecular weight is 297 g/mol. The highest BCUT2D eigenvalue weighted by molar-refractivity contribution is 5.66. The molecule has 3 rings (SSSR count). The summed E-state index contributed by atoms with van der Waals surface area (Å²) in [6.07, 6.45) is 6.83. The normalized spacial score (nSPS) is 10.5. The molecule has 3 nitrogen and oxygen atoms in total. The van der Waals surface area contributed by atoms with Crippen molar-refractivity contribution in [3.05, 3.63) is 78.4 Å². The summed E-state index contributed by atoms with van der Waals surface area (Å²) in [5.74, 6) is -1.15. The summed E-state index contributed by atoms with van der Waals surface area (Å²) in [5.41, 5.74) is 3.10. The molecule has 0 radical (unpaired) electrons. The van der Waals surface area contributed by atoms with E-state index < -0.39 is 11.6 Å². The maximum atomic E-state index is 13.6. The summed E-state index contributed by atoms with van der Waals surface area (Å²) in [6, 6.07) is 9.25. The van der Waals surface area contributed by atoms with E-state index in [1.807, 2.05) is 18.2 Å². The molecule has 0 unspecified atom stereocenters. The highest BCUT2D eigenvalue weighted by Gasteiger charge is 2.04. The zero-order valence-electron chi connectivity index (χ0n) is 11.6. The van der Waals surface area contributed by atoms with E-state index in [4.69, 9.17) is 0 Å². The largest absolute Gasteiger partial charge is 0.380 e. The summed E-state index contributed by atoms with van der Waals surface area (Å²) < 4.78 is 26.5. The van der Waals surface area contributed by atoms with Crippen LogP contribution in [0.3, 0.4) is 0 Å². The van der Waals surface area contributed by atoms with Crippen molar-refractivity contribution in [2.24, 2.45) is 0 Å². The fourth-order valence-corrected chi connectivity index (χ4v) is 2.10. The molecule has 0 aliphatic carbocycles. The van der Waals surface area contributed by atoms with Crippen molar-refractivity contribution in [1.29, 1.82) is 0 Å². The van der Waals surface area contributed by atoms with Crippen LogP contribution < -0.4 is 5.32 Å². The van der Waals surface area contributed by atoms with E-state index in [0.717, 1.165) is 22.9 Å². The molecule has 3 aromatic rings. The molecule has 110 valence electrons. The van der Waals surface area contributed by atoms with E-state index in [-0.39, 0.29) is 6.54 Å². The number of benzene rings is 1. The van der Waals surface area contributed by atoms with Gasteiger partial charge in [0, 0.05) is 48.5 Å². The van der Waals surface area contributed by atoms with Crippen LogP contribution in [0.4, 0.5) is 14.5 Å². The molecule has 0 spiro atoms. The van der Waals surface area contributed by atoms with E-state index in [9.17, 15) is 8.78 Å². The second-order valence-electron chi connectivity index (χ2n) is 4.79. The van der Waals surface area contributed by atoms with Crippen molar-refractivity contribution in [3.63, 3.8) is 0 Å². The highest BCUT2D eigenvalue weighted by atomic mass is 19.1. The van der Waals surface area contributed by atoms with Gasteiger partial charge in [-0.25, -0.2) is 8.78 Å². The third kappa shape index (κ3) is 3.25. The van der Waals surface area contributed by atoms with Gasteiger partial charge in [-0.2, -0.15) is 0 Å². The highest BCUT2D eigenvalue weighted by Crippen LogP contribution is 2.21. The number of halogens is 2. The van der Waals surface area contributed by atoms with Gasteiger partial charge >= 0.3 is 0 Å². The molecule has 0 bridgehead atoms. The van der Waals surface area contributed by atoms with Crippen LogP contribution in [0.25, 0.3) is 11.1 Å². The Morgan fingerprint density at radius 3 is 2.45 bits per heavy atom. The van der Waals surface area contributed by atoms with Gasteiger partial charge in [0.1, 0.15) is 11.6 Å². The zero-order chi connectivity index (χ0) is 15.4. The van der Waals surface area contributed by atoms with Crippen molar-refractivity contribution in [1.82, 2.24) is 9.97 Å². The Kier molecular flexibility index (Phi) is 4.05. The Morgan fingerprint density at radius 2 is 1.68 bits per heavy atom. The molecule has 0 saturated heterocycles. The minimum Gasteiger partial charge on any atom is -0.380 e. The Labute approximate surface area is 126 Å². The summed E-state index contributed by atoms with van der Waals surface area (Å²) in [4.78, 5) is 8.15. The lowest BCUT2D eigenvalue weighted by atomic mass is 10.1. The van der Waals surface area contributed by atoms with Gasteiger partial charge in [-0.1, -0.05) is 6.07 Å². The van der Waals surface area contributed by atoms with Crippen molar-refractivity contribution >= 4 is 5.69 Å². The van der Waals surface area contributed by atoms with Crippen LogP contribution in [0.15, 0.2) is 61.2 Å². The molecular formula is C17H13F2N3. The quantitative estimate of drug-likeness (QED) is 0.790. The molecule has 0 aliphatic rings. The third-order valence-corrected chi connectivity index (χ3v) is 3.25. The topological polar surface area (TPSA) is 37.8 Å². The van der Waals surface area contributed by atoms with Gasteiger partial charge in [0.05, 0.1) is 5.69 Å². The Hall–Kier alpha value is -2.82. The van der Waals surface area contributed by atoms with Crippen molar-refractivity contribution in [2.75, 3.05) is 5.32 Å². The Balaban J connectivity index is 1.76. The van der Waals surface area contributed by atoms with Crippen LogP contribution >= 0.6 is 0 Å². The summed E-state index contributed by atoms with van der Waals surface area (Å²) >= 11 is 0. The predicted octanol–water partition coefficient (Wildman–Crippen LogP) is 4.03. The molecule has 2 heterocycles. The lowest BCUT2D eigenvalue weighted by molar-refractivity contribution is 0.574. The van der Waals surface area contributed by atoms with Crippen LogP contribution in [-0.4, -0.2) is 9.97 Å². The second-order valence-corrected chi connectivity index (χ2v) is 4.79. The number of nitrogens with one attached hydrogen (secondary N) is 1. The van der Waals surface area contributed by atoms with E-state index in [2.05, 4.69) is 15.3 Å². The number of rotatable bonds is 4. The number of pyridine rings is 2. The maximum Gasteiger partial charge on any atom is 0.131 e. The van der Waals surface area contributed by atoms with Gasteiger partial charge in [0.2, 0.25) is 0 Å². The molecule has 0 saturated carbocycles. The van der Waals surface area contributed by atoms with E-state index in [1.165, 1.54) is 12.1 Å². The number of aromatic nitrogens is 2. The predicted molar refractivity (Wildman–Crippen MR) is 81.2 cm³/mol. The van der Waals surface area contributed by atoms with Gasteiger partial charge in [-0.3, -0.25) is 9.97 Å². The lowest BCUT2D eigenvalue weighted by Crippen LogP contribution is -2.02. The molecule has 0 aliphatic heterocycles. The number of anilines is 1. The fraction of sp³-hybridized carbons (Fsp3) is 0.0588. The number of hydrogen-bond acceptors (Lipinski definition) is 3. The third-order valence-electron chi connectivity index (χ3n) is 3.25. The number of nitrogens with zero attached hydrogens (tertiary/aromatic N) is 2. The van der Waals surface area contributed by atoms with Crippen molar-refractivity contribution in [3.8, 4) is 11.1 Å². The minimum atomic E-state index is -0.581. The smallest absolute Gasteiger partial charge is 0.131 e. The monoisotopic (exact) mass is 297 g/mol. The average Bonchev–Trinajstić information content (AvgIpc) is 2.55. The summed E-state index contributed by atoms with van der Waals surface area (Å²) in [5, 5.41) is 3.09. The zero-order valence-corrected chi connectivity index (χ0v) is 11.6. The molecule has 22 heavy (non-hydrogen) atoms. The van der Waals surface area contributed by atoms with Crippen LogP contribution in [0.1, 0.15) is 5.56 Å². The summed E-state index contributed by atoms with van der Waals surface area (Å²) in [7, 11) is 0. The van der Waals surface area contributed by atoms with E-state index in [0.29, 0.717) is 5.56 Å². The lowest BCUT2D eigenvalue weighted by Gasteiger charge is -2.09. The first kappa shape index (κ1) is 14.1. The molecular weight excluding hydrogens is 284 g/mol. The van der Waals surface area contributed by atoms with Crippen molar-refractivity contribution in [2.45, 2.75) is 6.54 Å². The SMILES string of the molecule is Fc1ccc(CNc2cncc(-c3ccncc3)c2)c(F)c1. The van der Waals surface area contributed by atoms with E-state index in [1.54, 1.807) is 24.8 Å². The number of hydrogen-bond donors (Lipinski definition) is 1. The second kappa shape index (κ2) is 6.30.